The van der Waals surface area contributed by atoms with Crippen LogP contribution in [0.3, 0.4) is 0 Å². The third-order valence-corrected chi connectivity index (χ3v) is 8.96. The van der Waals surface area contributed by atoms with Gasteiger partial charge in [-0.05, 0) is 58.4 Å². The van der Waals surface area contributed by atoms with Gasteiger partial charge in [-0.2, -0.15) is 0 Å². The van der Waals surface area contributed by atoms with Gasteiger partial charge in [-0.25, -0.2) is 0 Å². The molecule has 1 N–H and O–H groups in total. The predicted molar refractivity (Wildman–Crippen MR) is 164 cm³/mol. The Kier molecular flexibility index (Phi) is 7.79. The molecule has 6 nitrogen and oxygen atoms in total. The predicted octanol–water partition coefficient (Wildman–Crippen LogP) is 6.67. The maximum atomic E-state index is 14.2. The van der Waals surface area contributed by atoms with Crippen LogP contribution in [0.2, 0.25) is 0 Å². The first-order chi connectivity index (χ1) is 20.5. The molecule has 6 rings (SSSR count). The molecule has 1 heterocycles. The summed E-state index contributed by atoms with van der Waals surface area (Å²) in [6.45, 7) is 0.701. The number of rotatable bonds is 7. The Morgan fingerprint density at radius 2 is 1.52 bits per heavy atom. The number of nitrogens with zero attached hydrogens (tertiary/aromatic N) is 1. The van der Waals surface area contributed by atoms with Crippen molar-refractivity contribution in [3.63, 3.8) is 0 Å². The van der Waals surface area contributed by atoms with Crippen molar-refractivity contribution in [1.29, 1.82) is 0 Å². The maximum Gasteiger partial charge on any atom is 0.317 e. The van der Waals surface area contributed by atoms with Gasteiger partial charge in [0.1, 0.15) is 5.41 Å². The quantitative estimate of drug-likeness (QED) is 0.256. The first-order valence-corrected chi connectivity index (χ1v) is 14.8. The van der Waals surface area contributed by atoms with Crippen LogP contribution in [-0.4, -0.2) is 29.8 Å². The van der Waals surface area contributed by atoms with Gasteiger partial charge in [-0.3, -0.25) is 14.4 Å². The number of carbonyl (C=O) groups excluding carboxylic acids is 3. The van der Waals surface area contributed by atoms with Gasteiger partial charge in [0, 0.05) is 24.6 Å². The molecule has 4 aromatic carbocycles. The van der Waals surface area contributed by atoms with Crippen molar-refractivity contribution in [2.24, 2.45) is 11.3 Å². The first-order valence-electron chi connectivity index (χ1n) is 14.8. The molecular formula is C36H36N2O4. The summed E-state index contributed by atoms with van der Waals surface area (Å²) in [6, 6.07) is 28.3. The second-order valence-electron chi connectivity index (χ2n) is 11.5. The van der Waals surface area contributed by atoms with E-state index in [1.165, 1.54) is 7.11 Å². The van der Waals surface area contributed by atoms with E-state index >= 15 is 0 Å². The van der Waals surface area contributed by atoms with Gasteiger partial charge in [-0.1, -0.05) is 97.4 Å². The summed E-state index contributed by atoms with van der Waals surface area (Å²) < 4.78 is 5.39. The zero-order chi connectivity index (χ0) is 29.1. The van der Waals surface area contributed by atoms with Crippen molar-refractivity contribution in [2.45, 2.75) is 51.6 Å². The number of amides is 2. The van der Waals surface area contributed by atoms with Crippen molar-refractivity contribution < 1.29 is 19.1 Å². The summed E-state index contributed by atoms with van der Waals surface area (Å²) in [4.78, 5) is 42.9. The van der Waals surface area contributed by atoms with Crippen LogP contribution in [0.25, 0.3) is 21.5 Å². The number of ether oxygens (including phenoxy) is 1. The van der Waals surface area contributed by atoms with E-state index in [-0.39, 0.29) is 30.6 Å². The van der Waals surface area contributed by atoms with Crippen molar-refractivity contribution in [2.75, 3.05) is 7.11 Å². The molecular weight excluding hydrogens is 524 g/mol. The highest BCUT2D eigenvalue weighted by Gasteiger charge is 2.53. The number of carbonyl (C=O) groups is 3. The molecule has 2 atom stereocenters. The molecule has 42 heavy (non-hydrogen) atoms. The Bertz CT molecular complexity index is 1680. The molecule has 214 valence electrons. The average Bonchev–Trinajstić information content (AvgIpc) is 3.25. The Labute approximate surface area is 246 Å². The standard InChI is InChI=1S/C36H36N2O4/c1-42-35(41)36-20-8-2-3-19-32(36)38(24-28-16-10-14-26-12-5-7-18-31(26)28)34(40)29(22-36)21-33(39)37-23-27-15-9-13-25-11-4-6-17-30(25)27/h4-7,9-19,29H,2-3,8,20-24H2,1H3,(H,37,39)/t29-,36+/m1/s1. The SMILES string of the molecule is COC(=O)[C@]12CCCCC=C1N(Cc1cccc3ccccc13)C(=O)[C@H](CC(=O)NCc1cccc3ccccc13)C2. The molecule has 0 spiro atoms. The molecule has 2 amide bonds. The van der Waals surface area contributed by atoms with Crippen LogP contribution in [0.1, 0.15) is 49.7 Å². The summed E-state index contributed by atoms with van der Waals surface area (Å²) in [5.74, 6) is -1.28. The largest absolute Gasteiger partial charge is 0.468 e. The average molecular weight is 561 g/mol. The van der Waals surface area contributed by atoms with E-state index in [0.29, 0.717) is 19.5 Å². The van der Waals surface area contributed by atoms with Crippen LogP contribution in [0.4, 0.5) is 0 Å². The van der Waals surface area contributed by atoms with Crippen LogP contribution >= 0.6 is 0 Å². The van der Waals surface area contributed by atoms with Crippen LogP contribution in [0.15, 0.2) is 96.7 Å². The fourth-order valence-electron chi connectivity index (χ4n) is 6.90. The van der Waals surface area contributed by atoms with Crippen LogP contribution in [0, 0.1) is 11.3 Å². The van der Waals surface area contributed by atoms with Gasteiger partial charge < -0.3 is 15.0 Å². The first kappa shape index (κ1) is 27.7. The van der Waals surface area contributed by atoms with Gasteiger partial charge in [0.15, 0.2) is 0 Å². The van der Waals surface area contributed by atoms with E-state index in [1.54, 1.807) is 4.90 Å². The van der Waals surface area contributed by atoms with Gasteiger partial charge in [-0.15, -0.1) is 0 Å². The van der Waals surface area contributed by atoms with Crippen molar-refractivity contribution in [3.05, 3.63) is 108 Å². The number of piperidine rings is 1. The minimum absolute atomic E-state index is 0.0155. The highest BCUT2D eigenvalue weighted by atomic mass is 16.5. The Morgan fingerprint density at radius 1 is 0.881 bits per heavy atom. The number of methoxy groups -OCH3 is 1. The topological polar surface area (TPSA) is 75.7 Å². The number of nitrogens with one attached hydrogen (secondary N) is 1. The number of hydrogen-bond donors (Lipinski definition) is 1. The van der Waals surface area contributed by atoms with E-state index in [9.17, 15) is 14.4 Å². The number of fused-ring (bicyclic) bond motifs is 3. The molecule has 0 bridgehead atoms. The minimum atomic E-state index is -0.954. The second kappa shape index (κ2) is 11.8. The lowest BCUT2D eigenvalue weighted by Gasteiger charge is -2.46. The highest BCUT2D eigenvalue weighted by Crippen LogP contribution is 2.50. The van der Waals surface area contributed by atoms with E-state index in [4.69, 9.17) is 4.74 Å². The summed E-state index contributed by atoms with van der Waals surface area (Å²) in [5, 5.41) is 7.42. The number of benzene rings is 4. The van der Waals surface area contributed by atoms with E-state index in [1.807, 2.05) is 54.6 Å². The summed E-state index contributed by atoms with van der Waals surface area (Å²) in [5.41, 5.74) is 1.81. The Hall–Kier alpha value is -4.45. The van der Waals surface area contributed by atoms with Crippen molar-refractivity contribution in [1.82, 2.24) is 10.2 Å². The lowest BCUT2D eigenvalue weighted by atomic mass is 9.69. The van der Waals surface area contributed by atoms with E-state index in [2.05, 4.69) is 41.7 Å². The van der Waals surface area contributed by atoms with Crippen molar-refractivity contribution >= 4 is 39.3 Å². The summed E-state index contributed by atoms with van der Waals surface area (Å²) in [6.07, 6.45) is 5.53. The minimum Gasteiger partial charge on any atom is -0.468 e. The van der Waals surface area contributed by atoms with Gasteiger partial charge >= 0.3 is 5.97 Å². The second-order valence-corrected chi connectivity index (χ2v) is 11.5. The van der Waals surface area contributed by atoms with Crippen LogP contribution in [0.5, 0.6) is 0 Å². The normalized spacial score (nSPS) is 20.5. The molecule has 6 heteroatoms. The number of hydrogen-bond acceptors (Lipinski definition) is 4. The molecule has 0 unspecified atom stereocenters. The monoisotopic (exact) mass is 560 g/mol. The molecule has 0 aromatic heterocycles. The fraction of sp³-hybridized carbons (Fsp3) is 0.306. The fourth-order valence-corrected chi connectivity index (χ4v) is 6.90. The molecule has 0 radical (unpaired) electrons. The molecule has 0 saturated carbocycles. The highest BCUT2D eigenvalue weighted by molar-refractivity contribution is 5.93. The number of likely N-dealkylation sites (tertiary alicyclic amines) is 1. The van der Waals surface area contributed by atoms with Gasteiger partial charge in [0.25, 0.3) is 0 Å². The summed E-state index contributed by atoms with van der Waals surface area (Å²) in [7, 11) is 1.41. The molecule has 1 saturated heterocycles. The Morgan fingerprint density at radius 3 is 2.24 bits per heavy atom. The van der Waals surface area contributed by atoms with Gasteiger partial charge in [0.2, 0.25) is 11.8 Å². The molecule has 1 aliphatic heterocycles. The lowest BCUT2D eigenvalue weighted by Crippen LogP contribution is -2.53. The maximum absolute atomic E-state index is 14.2. The zero-order valence-corrected chi connectivity index (χ0v) is 24.0. The smallest absolute Gasteiger partial charge is 0.317 e. The van der Waals surface area contributed by atoms with Crippen LogP contribution in [-0.2, 0) is 32.2 Å². The molecule has 1 fully saturated rings. The third kappa shape index (κ3) is 5.18. The van der Waals surface area contributed by atoms with E-state index < -0.39 is 11.3 Å². The molecule has 1 aliphatic carbocycles. The number of allylic oxidation sites excluding steroid dienone is 1. The third-order valence-electron chi connectivity index (χ3n) is 8.96. The molecule has 4 aromatic rings. The Balaban J connectivity index is 1.30. The van der Waals surface area contributed by atoms with Crippen LogP contribution < -0.4 is 5.32 Å². The lowest BCUT2D eigenvalue weighted by molar-refractivity contribution is -0.160. The molecule has 2 aliphatic rings. The zero-order valence-electron chi connectivity index (χ0n) is 24.0. The van der Waals surface area contributed by atoms with Gasteiger partial charge in [0.05, 0.1) is 13.7 Å². The number of esters is 1. The van der Waals surface area contributed by atoms with E-state index in [0.717, 1.165) is 57.6 Å². The van der Waals surface area contributed by atoms with Crippen molar-refractivity contribution in [3.8, 4) is 0 Å². The summed E-state index contributed by atoms with van der Waals surface area (Å²) >= 11 is 0.